The third-order valence-corrected chi connectivity index (χ3v) is 3.90. The normalized spacial score (nSPS) is 12.5. The number of nitrogens with one attached hydrogen (secondary N) is 1. The summed E-state index contributed by atoms with van der Waals surface area (Å²) in [5.41, 5.74) is 4.15. The van der Waals surface area contributed by atoms with Gasteiger partial charge in [0.15, 0.2) is 0 Å². The van der Waals surface area contributed by atoms with E-state index in [1.807, 2.05) is 32.5 Å². The first kappa shape index (κ1) is 15.5. The Morgan fingerprint density at radius 2 is 2.10 bits per heavy atom. The van der Waals surface area contributed by atoms with E-state index in [0.29, 0.717) is 12.3 Å². The molecule has 0 fully saturated rings. The summed E-state index contributed by atoms with van der Waals surface area (Å²) in [6.07, 6.45) is 0. The van der Waals surface area contributed by atoms with Crippen molar-refractivity contribution in [1.29, 1.82) is 0 Å². The molecule has 0 saturated heterocycles. The molecular weight excluding hydrogens is 269 g/mol. The van der Waals surface area contributed by atoms with Gasteiger partial charge in [-0.1, -0.05) is 0 Å². The molecule has 0 spiro atoms. The molecule has 1 aromatic carbocycles. The van der Waals surface area contributed by atoms with Crippen LogP contribution in [0.2, 0.25) is 0 Å². The van der Waals surface area contributed by atoms with Crippen molar-refractivity contribution in [1.82, 2.24) is 15.1 Å². The second-order valence-corrected chi connectivity index (χ2v) is 5.26. The molecule has 2 aromatic rings. The van der Waals surface area contributed by atoms with Crippen LogP contribution in [0.25, 0.3) is 0 Å². The van der Waals surface area contributed by atoms with E-state index in [4.69, 9.17) is 4.74 Å². The molecule has 0 radical (unpaired) electrons. The summed E-state index contributed by atoms with van der Waals surface area (Å²) in [4.78, 5) is 0. The zero-order chi connectivity index (χ0) is 15.6. The first-order valence-electron chi connectivity index (χ1n) is 7.00. The van der Waals surface area contributed by atoms with Crippen LogP contribution < -0.4 is 10.1 Å². The lowest BCUT2D eigenvalue weighted by Crippen LogP contribution is -2.19. The summed E-state index contributed by atoms with van der Waals surface area (Å²) < 4.78 is 20.6. The average molecular weight is 291 g/mol. The maximum absolute atomic E-state index is 13.4. The van der Waals surface area contributed by atoms with Crippen LogP contribution in [0.4, 0.5) is 4.39 Å². The largest absolute Gasteiger partial charge is 0.496 e. The molecule has 1 heterocycles. The highest BCUT2D eigenvalue weighted by Gasteiger charge is 2.15. The van der Waals surface area contributed by atoms with E-state index in [9.17, 15) is 4.39 Å². The van der Waals surface area contributed by atoms with Crippen LogP contribution in [-0.2, 0) is 13.6 Å². The maximum atomic E-state index is 13.4. The van der Waals surface area contributed by atoms with E-state index in [1.165, 1.54) is 17.7 Å². The van der Waals surface area contributed by atoms with Crippen molar-refractivity contribution in [2.75, 3.05) is 7.11 Å². The number of nitrogens with zero attached hydrogens (tertiary/aromatic N) is 2. The predicted molar refractivity (Wildman–Crippen MR) is 80.9 cm³/mol. The Labute approximate surface area is 124 Å². The first-order valence-corrected chi connectivity index (χ1v) is 7.00. The molecule has 21 heavy (non-hydrogen) atoms. The molecule has 0 aliphatic rings. The smallest absolute Gasteiger partial charge is 0.123 e. The minimum Gasteiger partial charge on any atom is -0.496 e. The van der Waals surface area contributed by atoms with Crippen LogP contribution in [0, 0.1) is 19.7 Å². The van der Waals surface area contributed by atoms with Gasteiger partial charge in [0.05, 0.1) is 12.8 Å². The van der Waals surface area contributed by atoms with Crippen molar-refractivity contribution >= 4 is 0 Å². The fraction of sp³-hybridized carbons (Fsp3) is 0.438. The summed E-state index contributed by atoms with van der Waals surface area (Å²) in [6, 6.07) is 4.56. The molecule has 0 aliphatic heterocycles. The number of hydrogen-bond acceptors (Lipinski definition) is 3. The van der Waals surface area contributed by atoms with Gasteiger partial charge < -0.3 is 10.1 Å². The van der Waals surface area contributed by atoms with Crippen LogP contribution in [0.1, 0.15) is 35.5 Å². The third-order valence-electron chi connectivity index (χ3n) is 3.90. The van der Waals surface area contributed by atoms with Crippen molar-refractivity contribution in [3.8, 4) is 5.75 Å². The fourth-order valence-corrected chi connectivity index (χ4v) is 2.48. The summed E-state index contributed by atoms with van der Waals surface area (Å²) >= 11 is 0. The van der Waals surface area contributed by atoms with Gasteiger partial charge in [-0.3, -0.25) is 4.68 Å². The third kappa shape index (κ3) is 3.24. The maximum Gasteiger partial charge on any atom is 0.123 e. The van der Waals surface area contributed by atoms with Crippen molar-refractivity contribution in [2.24, 2.45) is 7.05 Å². The fourth-order valence-electron chi connectivity index (χ4n) is 2.48. The minimum atomic E-state index is -0.256. The Kier molecular flexibility index (Phi) is 4.63. The van der Waals surface area contributed by atoms with Crippen molar-refractivity contribution in [2.45, 2.75) is 33.4 Å². The Hall–Kier alpha value is -1.88. The Balaban J connectivity index is 2.15. The Morgan fingerprint density at radius 1 is 1.38 bits per heavy atom. The average Bonchev–Trinajstić information content (AvgIpc) is 2.70. The molecule has 4 nitrogen and oxygen atoms in total. The van der Waals surface area contributed by atoms with Gasteiger partial charge in [-0.25, -0.2) is 4.39 Å². The number of hydrogen-bond donors (Lipinski definition) is 1. The summed E-state index contributed by atoms with van der Waals surface area (Å²) in [5, 5.41) is 7.81. The van der Waals surface area contributed by atoms with E-state index in [2.05, 4.69) is 10.4 Å². The van der Waals surface area contributed by atoms with Gasteiger partial charge in [0.25, 0.3) is 0 Å². The van der Waals surface area contributed by atoms with Crippen LogP contribution in [-0.4, -0.2) is 16.9 Å². The van der Waals surface area contributed by atoms with E-state index < -0.39 is 0 Å². The topological polar surface area (TPSA) is 39.1 Å². The minimum absolute atomic E-state index is 0.0188. The molecule has 0 aliphatic carbocycles. The van der Waals surface area contributed by atoms with Crippen molar-refractivity contribution in [3.05, 3.63) is 46.5 Å². The van der Waals surface area contributed by atoms with Gasteiger partial charge in [0.1, 0.15) is 11.6 Å². The van der Waals surface area contributed by atoms with E-state index in [-0.39, 0.29) is 11.9 Å². The molecule has 5 heteroatoms. The molecule has 0 saturated carbocycles. The van der Waals surface area contributed by atoms with Gasteiger partial charge in [0, 0.05) is 36.5 Å². The number of halogens is 1. The number of ether oxygens (including phenoxy) is 1. The predicted octanol–water partition coefficient (Wildman–Crippen LogP) is 3.04. The van der Waals surface area contributed by atoms with Crippen molar-refractivity contribution in [3.63, 3.8) is 0 Å². The monoisotopic (exact) mass is 291 g/mol. The van der Waals surface area contributed by atoms with Crippen LogP contribution in [0.3, 0.4) is 0 Å². The highest BCUT2D eigenvalue weighted by Crippen LogP contribution is 2.26. The van der Waals surface area contributed by atoms with E-state index in [0.717, 1.165) is 17.0 Å². The lowest BCUT2D eigenvalue weighted by Gasteiger charge is -2.17. The quantitative estimate of drug-likeness (QED) is 0.920. The molecule has 0 amide bonds. The van der Waals surface area contributed by atoms with Crippen LogP contribution >= 0.6 is 0 Å². The zero-order valence-corrected chi connectivity index (χ0v) is 13.2. The zero-order valence-electron chi connectivity index (χ0n) is 13.2. The number of rotatable bonds is 5. The van der Waals surface area contributed by atoms with Crippen LogP contribution in [0.5, 0.6) is 5.75 Å². The molecule has 114 valence electrons. The van der Waals surface area contributed by atoms with Gasteiger partial charge in [-0.2, -0.15) is 5.10 Å². The SMILES string of the molecule is COc1ccc(F)cc1C(C)NCc1c(C)nn(C)c1C. The van der Waals surface area contributed by atoms with Gasteiger partial charge in [-0.15, -0.1) is 0 Å². The lowest BCUT2D eigenvalue weighted by atomic mass is 10.1. The standard InChI is InChI=1S/C16H22FN3O/c1-10(14-8-13(17)6-7-16(14)21-5)18-9-15-11(2)19-20(4)12(15)3/h6-8,10,18H,9H2,1-5H3. The Morgan fingerprint density at radius 3 is 2.67 bits per heavy atom. The molecule has 0 bridgehead atoms. The van der Waals surface area contributed by atoms with E-state index >= 15 is 0 Å². The van der Waals surface area contributed by atoms with Gasteiger partial charge in [0.2, 0.25) is 0 Å². The van der Waals surface area contributed by atoms with Crippen molar-refractivity contribution < 1.29 is 9.13 Å². The number of aromatic nitrogens is 2. The molecule has 1 unspecified atom stereocenters. The molecule has 2 rings (SSSR count). The molecule has 1 N–H and O–H groups in total. The number of aryl methyl sites for hydroxylation is 2. The highest BCUT2D eigenvalue weighted by atomic mass is 19.1. The molecular formula is C16H22FN3O. The second kappa shape index (κ2) is 6.26. The summed E-state index contributed by atoms with van der Waals surface area (Å²) in [5.74, 6) is 0.434. The van der Waals surface area contributed by atoms with Gasteiger partial charge >= 0.3 is 0 Å². The Bertz CT molecular complexity index is 637. The van der Waals surface area contributed by atoms with Gasteiger partial charge in [-0.05, 0) is 39.0 Å². The van der Waals surface area contributed by atoms with Crippen LogP contribution in [0.15, 0.2) is 18.2 Å². The number of benzene rings is 1. The highest BCUT2D eigenvalue weighted by molar-refractivity contribution is 5.36. The first-order chi connectivity index (χ1) is 9.93. The molecule has 1 atom stereocenters. The second-order valence-electron chi connectivity index (χ2n) is 5.26. The summed E-state index contributed by atoms with van der Waals surface area (Å²) in [7, 11) is 3.53. The molecule has 1 aromatic heterocycles. The number of methoxy groups -OCH3 is 1. The lowest BCUT2D eigenvalue weighted by molar-refractivity contribution is 0.399. The van der Waals surface area contributed by atoms with E-state index in [1.54, 1.807) is 13.2 Å². The summed E-state index contributed by atoms with van der Waals surface area (Å²) in [6.45, 7) is 6.73.